The van der Waals surface area contributed by atoms with Crippen LogP contribution >= 0.6 is 0 Å². The predicted octanol–water partition coefficient (Wildman–Crippen LogP) is -0.577. The molecule has 1 aromatic heterocycles. The van der Waals surface area contributed by atoms with Crippen molar-refractivity contribution in [2.24, 2.45) is 5.73 Å². The van der Waals surface area contributed by atoms with Gasteiger partial charge in [-0.25, -0.2) is 4.79 Å². The highest BCUT2D eigenvalue weighted by molar-refractivity contribution is 5.94. The molecule has 5 heteroatoms. The van der Waals surface area contributed by atoms with Crippen LogP contribution < -0.4 is 11.4 Å². The van der Waals surface area contributed by atoms with E-state index in [2.05, 4.69) is 4.42 Å². The topological polar surface area (TPSA) is 76.5 Å². The van der Waals surface area contributed by atoms with Crippen molar-refractivity contribution >= 4 is 5.91 Å². The van der Waals surface area contributed by atoms with Gasteiger partial charge in [0.05, 0.1) is 5.56 Å². The average molecular weight is 194 g/mol. The van der Waals surface area contributed by atoms with Gasteiger partial charge in [0.1, 0.15) is 6.26 Å². The molecule has 0 atom stereocenters. The Morgan fingerprint density at radius 2 is 2.21 bits per heavy atom. The van der Waals surface area contributed by atoms with E-state index in [1.165, 1.54) is 18.4 Å². The van der Waals surface area contributed by atoms with Crippen LogP contribution in [0.5, 0.6) is 0 Å². The van der Waals surface area contributed by atoms with Gasteiger partial charge in [-0.3, -0.25) is 4.79 Å². The van der Waals surface area contributed by atoms with Crippen LogP contribution in [-0.2, 0) is 0 Å². The lowest BCUT2D eigenvalue weighted by atomic mass is 10.1. The van der Waals surface area contributed by atoms with E-state index in [9.17, 15) is 9.59 Å². The van der Waals surface area contributed by atoms with Gasteiger partial charge < -0.3 is 15.1 Å². The van der Waals surface area contributed by atoms with E-state index in [0.717, 1.165) is 0 Å². The van der Waals surface area contributed by atoms with Crippen LogP contribution in [0.15, 0.2) is 27.6 Å². The molecule has 2 N–H and O–H groups in total. The van der Waals surface area contributed by atoms with Crippen LogP contribution in [0.25, 0.3) is 0 Å². The molecule has 1 aromatic rings. The first-order valence-corrected chi connectivity index (χ1v) is 4.30. The summed E-state index contributed by atoms with van der Waals surface area (Å²) in [6, 6.07) is 2.76. The normalized spacial score (nSPS) is 16.5. The Kier molecular flexibility index (Phi) is 2.09. The Morgan fingerprint density at radius 3 is 2.71 bits per heavy atom. The fraction of sp³-hybridized carbons (Fsp3) is 0.333. The third kappa shape index (κ3) is 1.54. The number of hydrogen-bond acceptors (Lipinski definition) is 4. The lowest BCUT2D eigenvalue weighted by Gasteiger charge is -2.36. The number of nitrogens with zero attached hydrogens (tertiary/aromatic N) is 1. The maximum absolute atomic E-state index is 11.6. The van der Waals surface area contributed by atoms with Gasteiger partial charge >= 0.3 is 5.63 Å². The molecule has 0 aliphatic carbocycles. The first-order valence-electron chi connectivity index (χ1n) is 4.30. The number of hydrogen-bond donors (Lipinski definition) is 1. The lowest BCUT2D eigenvalue weighted by Crippen LogP contribution is -2.57. The van der Waals surface area contributed by atoms with E-state index >= 15 is 0 Å². The molecule has 2 heterocycles. The molecule has 1 aliphatic heterocycles. The van der Waals surface area contributed by atoms with Crippen molar-refractivity contribution in [1.29, 1.82) is 0 Å². The molecule has 1 fully saturated rings. The van der Waals surface area contributed by atoms with Crippen molar-refractivity contribution in [2.45, 2.75) is 6.04 Å². The highest BCUT2D eigenvalue weighted by atomic mass is 16.4. The summed E-state index contributed by atoms with van der Waals surface area (Å²) >= 11 is 0. The van der Waals surface area contributed by atoms with Gasteiger partial charge in [-0.1, -0.05) is 0 Å². The minimum absolute atomic E-state index is 0.0784. The van der Waals surface area contributed by atoms with Crippen LogP contribution in [0.4, 0.5) is 0 Å². The molecule has 1 amide bonds. The molecule has 0 bridgehead atoms. The Morgan fingerprint density at radius 1 is 1.50 bits per heavy atom. The van der Waals surface area contributed by atoms with Crippen LogP contribution in [0.1, 0.15) is 10.4 Å². The van der Waals surface area contributed by atoms with Gasteiger partial charge in [0.2, 0.25) is 0 Å². The third-order valence-corrected chi connectivity index (χ3v) is 2.14. The van der Waals surface area contributed by atoms with Crippen LogP contribution in [0.3, 0.4) is 0 Å². The molecule has 74 valence electrons. The second-order valence-corrected chi connectivity index (χ2v) is 3.31. The summed E-state index contributed by atoms with van der Waals surface area (Å²) in [5.74, 6) is -0.143. The lowest BCUT2D eigenvalue weighted by molar-refractivity contribution is 0.0605. The van der Waals surface area contributed by atoms with Gasteiger partial charge in [-0.15, -0.1) is 0 Å². The second-order valence-electron chi connectivity index (χ2n) is 3.31. The highest BCUT2D eigenvalue weighted by Crippen LogP contribution is 2.10. The third-order valence-electron chi connectivity index (χ3n) is 2.14. The molecule has 14 heavy (non-hydrogen) atoms. The second kappa shape index (κ2) is 3.26. The van der Waals surface area contributed by atoms with Crippen molar-refractivity contribution in [3.8, 4) is 0 Å². The van der Waals surface area contributed by atoms with Crippen molar-refractivity contribution < 1.29 is 9.21 Å². The number of carbonyl (C=O) groups is 1. The Hall–Kier alpha value is -1.62. The SMILES string of the molecule is NC1CN(C(=O)c2ccc(=O)oc2)C1. The van der Waals surface area contributed by atoms with Gasteiger partial charge in [-0.2, -0.15) is 0 Å². The van der Waals surface area contributed by atoms with Crippen LogP contribution in [-0.4, -0.2) is 29.9 Å². The van der Waals surface area contributed by atoms with Crippen molar-refractivity contribution in [3.05, 3.63) is 34.4 Å². The van der Waals surface area contributed by atoms with E-state index in [4.69, 9.17) is 5.73 Å². The maximum atomic E-state index is 11.6. The van der Waals surface area contributed by atoms with Crippen molar-refractivity contribution in [2.75, 3.05) is 13.1 Å². The first kappa shape index (κ1) is 8.96. The molecule has 0 radical (unpaired) electrons. The quantitative estimate of drug-likeness (QED) is 0.649. The van der Waals surface area contributed by atoms with Crippen LogP contribution in [0, 0.1) is 0 Å². The van der Waals surface area contributed by atoms with Gasteiger partial charge in [0, 0.05) is 25.2 Å². The van der Waals surface area contributed by atoms with Gasteiger partial charge in [0.25, 0.3) is 5.91 Å². The average Bonchev–Trinajstić information content (AvgIpc) is 2.13. The molecule has 0 saturated carbocycles. The zero-order chi connectivity index (χ0) is 10.1. The summed E-state index contributed by atoms with van der Waals surface area (Å²) in [5, 5.41) is 0. The zero-order valence-electron chi connectivity index (χ0n) is 7.47. The number of likely N-dealkylation sites (tertiary alicyclic amines) is 1. The first-order chi connectivity index (χ1) is 6.66. The van der Waals surface area contributed by atoms with Gasteiger partial charge in [-0.05, 0) is 6.07 Å². The minimum atomic E-state index is -0.457. The molecular formula is C9H10N2O3. The number of carbonyl (C=O) groups excluding carboxylic acids is 1. The summed E-state index contributed by atoms with van der Waals surface area (Å²) < 4.78 is 4.59. The van der Waals surface area contributed by atoms with E-state index in [1.54, 1.807) is 4.90 Å². The molecule has 0 unspecified atom stereocenters. The van der Waals surface area contributed by atoms with E-state index < -0.39 is 5.63 Å². The van der Waals surface area contributed by atoms with E-state index in [0.29, 0.717) is 18.7 Å². The highest BCUT2D eigenvalue weighted by Gasteiger charge is 2.28. The van der Waals surface area contributed by atoms with E-state index in [-0.39, 0.29) is 11.9 Å². The summed E-state index contributed by atoms with van der Waals surface area (Å²) in [4.78, 5) is 23.8. The summed E-state index contributed by atoms with van der Waals surface area (Å²) in [7, 11) is 0. The minimum Gasteiger partial charge on any atom is -0.430 e. The fourth-order valence-corrected chi connectivity index (χ4v) is 1.34. The summed E-state index contributed by atoms with van der Waals surface area (Å²) in [6.07, 6.45) is 1.18. The van der Waals surface area contributed by atoms with Crippen molar-refractivity contribution in [3.63, 3.8) is 0 Å². The smallest absolute Gasteiger partial charge is 0.335 e. The van der Waals surface area contributed by atoms with Crippen LogP contribution in [0.2, 0.25) is 0 Å². The number of amides is 1. The summed E-state index contributed by atoms with van der Waals surface area (Å²) in [6.45, 7) is 1.13. The standard InChI is InChI=1S/C9H10N2O3/c10-7-3-11(4-7)9(13)6-1-2-8(12)14-5-6/h1-2,5,7H,3-4,10H2. The fourth-order valence-electron chi connectivity index (χ4n) is 1.34. The van der Waals surface area contributed by atoms with Crippen molar-refractivity contribution in [1.82, 2.24) is 4.90 Å². The zero-order valence-corrected chi connectivity index (χ0v) is 7.47. The molecule has 2 rings (SSSR count). The molecular weight excluding hydrogens is 184 g/mol. The molecule has 5 nitrogen and oxygen atoms in total. The summed E-state index contributed by atoms with van der Waals surface area (Å²) in [5.41, 5.74) is 5.47. The Balaban J connectivity index is 2.12. The molecule has 0 spiro atoms. The largest absolute Gasteiger partial charge is 0.430 e. The Bertz CT molecular complexity index is 386. The van der Waals surface area contributed by atoms with E-state index in [1.807, 2.05) is 0 Å². The predicted molar refractivity (Wildman–Crippen MR) is 48.9 cm³/mol. The molecule has 1 aliphatic rings. The molecule has 1 saturated heterocycles. The monoisotopic (exact) mass is 194 g/mol. The number of nitrogens with two attached hydrogens (primary N) is 1. The maximum Gasteiger partial charge on any atom is 0.335 e. The molecule has 0 aromatic carbocycles. The van der Waals surface area contributed by atoms with Gasteiger partial charge in [0.15, 0.2) is 0 Å². The Labute approximate surface area is 80.1 Å². The number of rotatable bonds is 1.